The van der Waals surface area contributed by atoms with E-state index in [1.165, 1.54) is 63.5 Å². The summed E-state index contributed by atoms with van der Waals surface area (Å²) in [5.41, 5.74) is 9.47. The zero-order valence-corrected chi connectivity index (χ0v) is 24.5. The van der Waals surface area contributed by atoms with Crippen molar-refractivity contribution in [3.05, 3.63) is 65.3 Å². The Labute approximate surface area is 235 Å². The van der Waals surface area contributed by atoms with Gasteiger partial charge in [-0.25, -0.2) is 9.18 Å². The summed E-state index contributed by atoms with van der Waals surface area (Å²) in [5.74, 6) is 1.86. The number of nitrogens with zero attached hydrogens (tertiary/aromatic N) is 2. The minimum absolute atomic E-state index is 0.0570. The fourth-order valence-electron chi connectivity index (χ4n) is 6.75. The molecule has 0 bridgehead atoms. The lowest BCUT2D eigenvalue weighted by molar-refractivity contribution is 0.115. The molecule has 3 atom stereocenters. The predicted octanol–water partition coefficient (Wildman–Crippen LogP) is 7.08. The van der Waals surface area contributed by atoms with Gasteiger partial charge in [-0.3, -0.25) is 0 Å². The van der Waals surface area contributed by atoms with Gasteiger partial charge in [0.05, 0.1) is 11.4 Å². The normalized spacial score (nSPS) is 25.1. The number of nitrogens with two attached hydrogens (primary N) is 1. The minimum Gasteiger partial charge on any atom is -0.397 e. The van der Waals surface area contributed by atoms with Crippen molar-refractivity contribution < 1.29 is 9.18 Å². The van der Waals surface area contributed by atoms with Crippen molar-refractivity contribution in [3.8, 4) is 0 Å². The number of carbonyl (C=O) groups is 1. The van der Waals surface area contributed by atoms with Crippen molar-refractivity contribution in [3.63, 3.8) is 0 Å². The lowest BCUT2D eigenvalue weighted by Crippen LogP contribution is -2.43. The first-order chi connectivity index (χ1) is 18.8. The first kappa shape index (κ1) is 29.4. The van der Waals surface area contributed by atoms with Gasteiger partial charge in [-0.05, 0) is 93.2 Å². The van der Waals surface area contributed by atoms with Crippen LogP contribution in [0.1, 0.15) is 84.1 Å². The maximum Gasteiger partial charge on any atom is 0.321 e. The number of nitrogens with one attached hydrogen (secondary N) is 1. The third kappa shape index (κ3) is 7.53. The molecule has 2 aliphatic carbocycles. The van der Waals surface area contributed by atoms with Crippen molar-refractivity contribution >= 4 is 11.6 Å². The number of carbonyl (C=O) groups excluding carboxylic acids is 1. The Balaban J connectivity index is 1.31. The van der Waals surface area contributed by atoms with Crippen LogP contribution in [0.4, 0.5) is 9.18 Å². The van der Waals surface area contributed by atoms with E-state index in [2.05, 4.69) is 24.2 Å². The second-order valence-corrected chi connectivity index (χ2v) is 12.1. The summed E-state index contributed by atoms with van der Waals surface area (Å²) in [5, 5.41) is 3.09. The van der Waals surface area contributed by atoms with Crippen LogP contribution in [-0.2, 0) is 0 Å². The van der Waals surface area contributed by atoms with E-state index >= 15 is 0 Å². The predicted molar refractivity (Wildman–Crippen MR) is 159 cm³/mol. The van der Waals surface area contributed by atoms with Gasteiger partial charge in [-0.2, -0.15) is 0 Å². The molecular formula is C33H49FN4O. The maximum atomic E-state index is 13.3. The van der Waals surface area contributed by atoms with Gasteiger partial charge in [0.15, 0.2) is 0 Å². The summed E-state index contributed by atoms with van der Waals surface area (Å²) in [4.78, 5) is 18.0. The van der Waals surface area contributed by atoms with E-state index < -0.39 is 0 Å². The van der Waals surface area contributed by atoms with Crippen LogP contribution in [0.3, 0.4) is 0 Å². The standard InChI is InChI=1S/C33H49FN4O/c1-5-8-29(18-24-10-7-11-24)37(4)30-19-26-21-38(22-27(26)20-30)33(39)36-32(9-6-2)31(35)17-12-23(3)25-13-15-28(34)16-14-25/h9,12-17,24,26-27,29-30H,5-8,10-11,18-22,35H2,1-4H3,(H,36,39)/b23-12+,31-17+,32-9-. The molecule has 3 N–H and O–H groups in total. The van der Waals surface area contributed by atoms with Crippen molar-refractivity contribution in [2.45, 2.75) is 90.6 Å². The van der Waals surface area contributed by atoms with Gasteiger partial charge in [0.2, 0.25) is 0 Å². The molecule has 5 nitrogen and oxygen atoms in total. The van der Waals surface area contributed by atoms with Crippen molar-refractivity contribution in [2.75, 3.05) is 20.1 Å². The van der Waals surface area contributed by atoms with Crippen LogP contribution in [0, 0.1) is 23.6 Å². The molecule has 3 unspecified atom stereocenters. The quantitative estimate of drug-likeness (QED) is 0.297. The monoisotopic (exact) mass is 536 g/mol. The Morgan fingerprint density at radius 2 is 1.82 bits per heavy atom. The van der Waals surface area contributed by atoms with Crippen LogP contribution in [0.5, 0.6) is 0 Å². The van der Waals surface area contributed by atoms with Crippen LogP contribution >= 0.6 is 0 Å². The number of rotatable bonds is 11. The highest BCUT2D eigenvalue weighted by molar-refractivity contribution is 5.77. The number of likely N-dealkylation sites (tertiary alicyclic amines) is 1. The molecule has 39 heavy (non-hydrogen) atoms. The minimum atomic E-state index is -0.254. The Hall–Kier alpha value is -2.60. The third-order valence-electron chi connectivity index (χ3n) is 9.39. The first-order valence-electron chi connectivity index (χ1n) is 15.2. The third-order valence-corrected chi connectivity index (χ3v) is 9.39. The highest BCUT2D eigenvalue weighted by Crippen LogP contribution is 2.42. The van der Waals surface area contributed by atoms with Gasteiger partial charge in [0.1, 0.15) is 5.82 Å². The number of amides is 2. The molecule has 1 saturated heterocycles. The molecule has 4 rings (SSSR count). The highest BCUT2D eigenvalue weighted by Gasteiger charge is 2.44. The van der Waals surface area contributed by atoms with Crippen molar-refractivity contribution in [2.24, 2.45) is 23.5 Å². The second-order valence-electron chi connectivity index (χ2n) is 12.1. The number of fused-ring (bicyclic) bond motifs is 1. The van der Waals surface area contributed by atoms with Crippen molar-refractivity contribution in [1.82, 2.24) is 15.1 Å². The SMILES string of the molecule is CC/C=C(NC(=O)N1CC2CC(N(C)C(CCC)CC3CCC3)CC2C1)/C(N)=C\C=C(/C)c1ccc(F)cc1. The number of allylic oxidation sites excluding steroid dienone is 4. The molecule has 2 saturated carbocycles. The lowest BCUT2D eigenvalue weighted by atomic mass is 9.79. The fourth-order valence-corrected chi connectivity index (χ4v) is 6.75. The molecule has 214 valence electrons. The van der Waals surface area contributed by atoms with E-state index in [0.29, 0.717) is 35.3 Å². The second kappa shape index (κ2) is 13.6. The number of benzene rings is 1. The number of hydrogen-bond donors (Lipinski definition) is 2. The van der Waals surface area contributed by atoms with Gasteiger partial charge < -0.3 is 20.9 Å². The largest absolute Gasteiger partial charge is 0.397 e. The topological polar surface area (TPSA) is 61.6 Å². The highest BCUT2D eigenvalue weighted by atomic mass is 19.1. The van der Waals surface area contributed by atoms with E-state index in [1.807, 2.05) is 37.0 Å². The smallest absolute Gasteiger partial charge is 0.321 e. The zero-order chi connectivity index (χ0) is 27.9. The summed E-state index contributed by atoms with van der Waals surface area (Å²) < 4.78 is 13.2. The van der Waals surface area contributed by atoms with Crippen LogP contribution in [0.2, 0.25) is 0 Å². The van der Waals surface area contributed by atoms with E-state index in [0.717, 1.165) is 36.6 Å². The average molecular weight is 537 g/mol. The Morgan fingerprint density at radius 1 is 1.15 bits per heavy atom. The molecule has 2 amide bonds. The van der Waals surface area contributed by atoms with Crippen LogP contribution < -0.4 is 11.1 Å². The molecule has 1 aliphatic heterocycles. The fraction of sp³-hybridized carbons (Fsp3) is 0.606. The molecular weight excluding hydrogens is 487 g/mol. The molecule has 0 radical (unpaired) electrons. The summed E-state index contributed by atoms with van der Waals surface area (Å²) in [6.45, 7) is 7.97. The molecule has 0 aromatic heterocycles. The average Bonchev–Trinajstić information content (AvgIpc) is 3.48. The van der Waals surface area contributed by atoms with E-state index in [-0.39, 0.29) is 11.8 Å². The maximum absolute atomic E-state index is 13.3. The molecule has 6 heteroatoms. The van der Waals surface area contributed by atoms with Crippen LogP contribution in [0.15, 0.2) is 53.9 Å². The molecule has 1 aromatic rings. The van der Waals surface area contributed by atoms with Gasteiger partial charge >= 0.3 is 6.03 Å². The van der Waals surface area contributed by atoms with E-state index in [4.69, 9.17) is 5.73 Å². The Kier molecular flexibility index (Phi) is 10.3. The lowest BCUT2D eigenvalue weighted by Gasteiger charge is -2.38. The van der Waals surface area contributed by atoms with Gasteiger partial charge in [-0.1, -0.05) is 63.8 Å². The summed E-state index contributed by atoms with van der Waals surface area (Å²) in [6, 6.07) is 7.70. The molecule has 1 aromatic carbocycles. The molecule has 3 aliphatic rings. The Morgan fingerprint density at radius 3 is 2.38 bits per heavy atom. The van der Waals surface area contributed by atoms with Gasteiger partial charge in [0.25, 0.3) is 0 Å². The van der Waals surface area contributed by atoms with E-state index in [1.54, 1.807) is 12.1 Å². The van der Waals surface area contributed by atoms with Crippen molar-refractivity contribution in [1.29, 1.82) is 0 Å². The first-order valence-corrected chi connectivity index (χ1v) is 15.2. The summed E-state index contributed by atoms with van der Waals surface area (Å²) in [7, 11) is 2.36. The molecule has 0 spiro atoms. The number of hydrogen-bond acceptors (Lipinski definition) is 3. The van der Waals surface area contributed by atoms with Crippen LogP contribution in [-0.4, -0.2) is 48.1 Å². The van der Waals surface area contributed by atoms with Crippen LogP contribution in [0.25, 0.3) is 5.57 Å². The molecule has 3 fully saturated rings. The number of halogens is 1. The van der Waals surface area contributed by atoms with Gasteiger partial charge in [0, 0.05) is 25.2 Å². The molecule has 1 heterocycles. The van der Waals surface area contributed by atoms with Gasteiger partial charge in [-0.15, -0.1) is 0 Å². The summed E-state index contributed by atoms with van der Waals surface area (Å²) >= 11 is 0. The summed E-state index contributed by atoms with van der Waals surface area (Å²) in [6.07, 6.45) is 17.0. The zero-order valence-electron chi connectivity index (χ0n) is 24.5. The Bertz CT molecular complexity index is 1040. The van der Waals surface area contributed by atoms with E-state index in [9.17, 15) is 9.18 Å². The number of urea groups is 1.